The maximum absolute atomic E-state index is 13.2. The predicted molar refractivity (Wildman–Crippen MR) is 163 cm³/mol. The standard InChI is InChI=1S/C31H35N5O3.H2S/c1-20(2)10-15-28(37)36(29(21(3)4)31(38)39)18-22-11-14-27(32-17-22)26-16-24(23-8-6-5-7-9-23)12-13-25(26)30-33-19-34-35-30;/h5-9,11-14,16-17,20-21,29H,10,15,18-19H2,1-4H3,(H,38,39);1H2/t29-;/m0./s1. The highest BCUT2D eigenvalue weighted by Gasteiger charge is 2.32. The van der Waals surface area contributed by atoms with E-state index >= 15 is 0 Å². The van der Waals surface area contributed by atoms with Gasteiger partial charge in [0.15, 0.2) is 12.5 Å². The average molecular weight is 560 g/mol. The molecule has 210 valence electrons. The minimum atomic E-state index is -0.999. The molecule has 1 aliphatic rings. The van der Waals surface area contributed by atoms with E-state index in [2.05, 4.69) is 47.3 Å². The number of carbonyl (C=O) groups excluding carboxylic acids is 1. The summed E-state index contributed by atoms with van der Waals surface area (Å²) in [7, 11) is 0. The van der Waals surface area contributed by atoms with Crippen LogP contribution in [-0.4, -0.2) is 45.4 Å². The Morgan fingerprint density at radius 2 is 1.70 bits per heavy atom. The molecule has 2 aromatic carbocycles. The van der Waals surface area contributed by atoms with Crippen molar-refractivity contribution in [1.82, 2.24) is 9.88 Å². The third-order valence-corrected chi connectivity index (χ3v) is 6.75. The van der Waals surface area contributed by atoms with Crippen molar-refractivity contribution in [2.45, 2.75) is 53.1 Å². The second-order valence-electron chi connectivity index (χ2n) is 10.5. The van der Waals surface area contributed by atoms with E-state index in [1.165, 1.54) is 4.90 Å². The minimum absolute atomic E-state index is 0. The minimum Gasteiger partial charge on any atom is -0.480 e. The van der Waals surface area contributed by atoms with Gasteiger partial charge < -0.3 is 10.0 Å². The summed E-state index contributed by atoms with van der Waals surface area (Å²) in [6.07, 6.45) is 2.74. The van der Waals surface area contributed by atoms with Crippen LogP contribution in [-0.2, 0) is 16.1 Å². The zero-order chi connectivity index (χ0) is 27.9. The molecule has 0 radical (unpaired) electrons. The number of benzene rings is 2. The Morgan fingerprint density at radius 1 is 0.950 bits per heavy atom. The maximum Gasteiger partial charge on any atom is 0.326 e. The van der Waals surface area contributed by atoms with E-state index in [1.807, 2.05) is 56.3 Å². The molecule has 0 bridgehead atoms. The SMILES string of the molecule is CC(C)CCC(=O)N(Cc1ccc(-c2cc(-c3ccccc3)ccc2C2=NCN=N2)nc1)[C@H](C(=O)O)C(C)C.S. The second kappa shape index (κ2) is 14.0. The van der Waals surface area contributed by atoms with Crippen molar-refractivity contribution < 1.29 is 14.7 Å². The van der Waals surface area contributed by atoms with Gasteiger partial charge in [-0.15, -0.1) is 5.11 Å². The van der Waals surface area contributed by atoms with Crippen LogP contribution in [0, 0.1) is 11.8 Å². The summed E-state index contributed by atoms with van der Waals surface area (Å²) in [5, 5.41) is 18.1. The molecule has 0 fully saturated rings. The van der Waals surface area contributed by atoms with E-state index in [1.54, 1.807) is 6.20 Å². The van der Waals surface area contributed by atoms with Gasteiger partial charge in [0.05, 0.1) is 5.69 Å². The van der Waals surface area contributed by atoms with Crippen LogP contribution in [0.1, 0.15) is 51.7 Å². The van der Waals surface area contributed by atoms with Crippen LogP contribution < -0.4 is 0 Å². The first-order valence-electron chi connectivity index (χ1n) is 13.3. The monoisotopic (exact) mass is 559 g/mol. The van der Waals surface area contributed by atoms with Crippen LogP contribution in [0.3, 0.4) is 0 Å². The van der Waals surface area contributed by atoms with Crippen molar-refractivity contribution in [3.63, 3.8) is 0 Å². The van der Waals surface area contributed by atoms with Crippen molar-refractivity contribution in [3.8, 4) is 22.4 Å². The molecular weight excluding hydrogens is 522 g/mol. The molecule has 0 aliphatic carbocycles. The Labute approximate surface area is 242 Å². The molecule has 1 amide bonds. The number of hydrogen-bond acceptors (Lipinski definition) is 6. The highest BCUT2D eigenvalue weighted by molar-refractivity contribution is 7.59. The number of aliphatic carboxylic acids is 1. The largest absolute Gasteiger partial charge is 0.480 e. The normalized spacial score (nSPS) is 13.2. The molecular formula is C31H37N5O3S. The number of amides is 1. The number of hydrogen-bond donors (Lipinski definition) is 1. The molecule has 1 N–H and O–H groups in total. The Balaban J connectivity index is 0.00000441. The molecule has 0 spiro atoms. The number of nitrogens with zero attached hydrogens (tertiary/aromatic N) is 5. The van der Waals surface area contributed by atoms with E-state index in [4.69, 9.17) is 4.98 Å². The summed E-state index contributed by atoms with van der Waals surface area (Å²) in [6.45, 7) is 8.24. The van der Waals surface area contributed by atoms with Crippen LogP contribution in [0.25, 0.3) is 22.4 Å². The van der Waals surface area contributed by atoms with Crippen molar-refractivity contribution >= 4 is 31.2 Å². The number of rotatable bonds is 11. The molecule has 40 heavy (non-hydrogen) atoms. The van der Waals surface area contributed by atoms with Crippen molar-refractivity contribution in [2.75, 3.05) is 6.67 Å². The molecule has 1 aromatic heterocycles. The maximum atomic E-state index is 13.2. The van der Waals surface area contributed by atoms with Crippen molar-refractivity contribution in [2.24, 2.45) is 27.1 Å². The molecule has 2 heterocycles. The Hall–Kier alpha value is -3.85. The first-order chi connectivity index (χ1) is 18.7. The number of carboxylic acid groups (broad SMARTS) is 1. The third-order valence-electron chi connectivity index (χ3n) is 6.75. The second-order valence-corrected chi connectivity index (χ2v) is 10.5. The lowest BCUT2D eigenvalue weighted by Gasteiger charge is -2.32. The van der Waals surface area contributed by atoms with Crippen molar-refractivity contribution in [3.05, 3.63) is 78.0 Å². The fourth-order valence-electron chi connectivity index (χ4n) is 4.68. The number of carbonyl (C=O) groups is 2. The Bertz CT molecular complexity index is 1370. The van der Waals surface area contributed by atoms with E-state index in [-0.39, 0.29) is 31.9 Å². The molecule has 0 saturated heterocycles. The zero-order valence-corrected chi connectivity index (χ0v) is 24.4. The molecule has 0 saturated carbocycles. The summed E-state index contributed by atoms with van der Waals surface area (Å²) in [5.74, 6) is -0.470. The van der Waals surface area contributed by atoms with Crippen LogP contribution in [0.4, 0.5) is 0 Å². The fraction of sp³-hybridized carbons (Fsp3) is 0.355. The summed E-state index contributed by atoms with van der Waals surface area (Å²) in [4.78, 5) is 35.9. The van der Waals surface area contributed by atoms with Crippen LogP contribution >= 0.6 is 13.5 Å². The number of azo groups is 1. The number of aromatic nitrogens is 1. The summed E-state index contributed by atoms with van der Waals surface area (Å²) in [5.41, 5.74) is 5.33. The topological polar surface area (TPSA) is 108 Å². The fourth-order valence-corrected chi connectivity index (χ4v) is 4.68. The first-order valence-corrected chi connectivity index (χ1v) is 13.3. The Kier molecular flexibility index (Phi) is 10.7. The number of aliphatic imine (C=N–C) groups is 1. The predicted octanol–water partition coefficient (Wildman–Crippen LogP) is 6.57. The third kappa shape index (κ3) is 7.41. The molecule has 0 unspecified atom stereocenters. The smallest absolute Gasteiger partial charge is 0.326 e. The van der Waals surface area contributed by atoms with Gasteiger partial charge in [0, 0.05) is 30.3 Å². The van der Waals surface area contributed by atoms with Gasteiger partial charge in [-0.1, -0.05) is 70.2 Å². The van der Waals surface area contributed by atoms with Crippen LogP contribution in [0.5, 0.6) is 0 Å². The zero-order valence-electron chi connectivity index (χ0n) is 23.4. The molecule has 4 rings (SSSR count). The highest BCUT2D eigenvalue weighted by atomic mass is 32.1. The molecule has 1 aliphatic heterocycles. The summed E-state index contributed by atoms with van der Waals surface area (Å²) in [6, 6.07) is 19.1. The highest BCUT2D eigenvalue weighted by Crippen LogP contribution is 2.30. The number of pyridine rings is 1. The van der Waals surface area contributed by atoms with Gasteiger partial charge in [0.2, 0.25) is 5.91 Å². The van der Waals surface area contributed by atoms with Gasteiger partial charge in [-0.3, -0.25) is 9.78 Å². The van der Waals surface area contributed by atoms with Gasteiger partial charge in [0.25, 0.3) is 0 Å². The number of carboxylic acids is 1. The van der Waals surface area contributed by atoms with Gasteiger partial charge in [0.1, 0.15) is 6.04 Å². The quantitative estimate of drug-likeness (QED) is 0.287. The molecule has 9 heteroatoms. The number of amidine groups is 1. The average Bonchev–Trinajstić information content (AvgIpc) is 3.46. The van der Waals surface area contributed by atoms with E-state index in [0.29, 0.717) is 31.3 Å². The van der Waals surface area contributed by atoms with Crippen molar-refractivity contribution in [1.29, 1.82) is 0 Å². The lowest BCUT2D eigenvalue weighted by atomic mass is 9.96. The summed E-state index contributed by atoms with van der Waals surface area (Å²) < 4.78 is 0. The van der Waals surface area contributed by atoms with Crippen LogP contribution in [0.15, 0.2) is 82.1 Å². The van der Waals surface area contributed by atoms with E-state index in [9.17, 15) is 14.7 Å². The lowest BCUT2D eigenvalue weighted by Crippen LogP contribution is -2.47. The van der Waals surface area contributed by atoms with Gasteiger partial charge in [-0.25, -0.2) is 9.79 Å². The lowest BCUT2D eigenvalue weighted by molar-refractivity contribution is -0.153. The molecule has 1 atom stereocenters. The van der Waals surface area contributed by atoms with E-state index < -0.39 is 12.0 Å². The van der Waals surface area contributed by atoms with Gasteiger partial charge in [-0.05, 0) is 53.1 Å². The molecule has 8 nitrogen and oxygen atoms in total. The molecule has 3 aromatic rings. The van der Waals surface area contributed by atoms with E-state index in [0.717, 1.165) is 33.5 Å². The van der Waals surface area contributed by atoms with Crippen LogP contribution in [0.2, 0.25) is 0 Å². The van der Waals surface area contributed by atoms with Gasteiger partial charge >= 0.3 is 5.97 Å². The van der Waals surface area contributed by atoms with Gasteiger partial charge in [-0.2, -0.15) is 18.6 Å². The first kappa shape index (κ1) is 30.7. The Morgan fingerprint density at radius 3 is 2.27 bits per heavy atom. The summed E-state index contributed by atoms with van der Waals surface area (Å²) >= 11 is 0.